The van der Waals surface area contributed by atoms with Crippen molar-refractivity contribution in [2.24, 2.45) is 0 Å². The molecule has 1 aromatic heterocycles. The van der Waals surface area contributed by atoms with Gasteiger partial charge in [-0.05, 0) is 41.1 Å². The third-order valence-electron chi connectivity index (χ3n) is 2.81. The molecule has 0 saturated carbocycles. The summed E-state index contributed by atoms with van der Waals surface area (Å²) in [6.07, 6.45) is 0.986. The van der Waals surface area contributed by atoms with E-state index in [1.807, 2.05) is 30.3 Å². The van der Waals surface area contributed by atoms with Crippen LogP contribution < -0.4 is 10.1 Å². The first-order valence-electron chi connectivity index (χ1n) is 6.33. The molecule has 2 nitrogen and oxygen atoms in total. The fourth-order valence-electron chi connectivity index (χ4n) is 1.92. The SMILES string of the molecule is CCNC(CCOc1ccccc1)c1ccsc1. The molecule has 18 heavy (non-hydrogen) atoms. The van der Waals surface area contributed by atoms with Crippen LogP contribution in [0.3, 0.4) is 0 Å². The predicted molar refractivity (Wildman–Crippen MR) is 77.3 cm³/mol. The molecule has 1 aromatic carbocycles. The van der Waals surface area contributed by atoms with E-state index in [2.05, 4.69) is 29.1 Å². The molecule has 3 heteroatoms. The smallest absolute Gasteiger partial charge is 0.119 e. The molecular formula is C15H19NOS. The molecule has 0 aliphatic rings. The van der Waals surface area contributed by atoms with Crippen LogP contribution in [-0.4, -0.2) is 13.2 Å². The summed E-state index contributed by atoms with van der Waals surface area (Å²) >= 11 is 1.74. The lowest BCUT2D eigenvalue weighted by Gasteiger charge is -2.17. The maximum atomic E-state index is 5.74. The van der Waals surface area contributed by atoms with Crippen LogP contribution in [0, 0.1) is 0 Å². The number of para-hydroxylation sites is 1. The average Bonchev–Trinajstić information content (AvgIpc) is 2.93. The lowest BCUT2D eigenvalue weighted by molar-refractivity contribution is 0.287. The second-order valence-electron chi connectivity index (χ2n) is 4.12. The van der Waals surface area contributed by atoms with Crippen molar-refractivity contribution in [3.05, 3.63) is 52.7 Å². The summed E-state index contributed by atoms with van der Waals surface area (Å²) in [6, 6.07) is 12.6. The fraction of sp³-hybridized carbons (Fsp3) is 0.333. The van der Waals surface area contributed by atoms with E-state index in [1.165, 1.54) is 5.56 Å². The number of ether oxygens (including phenoxy) is 1. The first kappa shape index (κ1) is 13.1. The first-order valence-corrected chi connectivity index (χ1v) is 7.27. The van der Waals surface area contributed by atoms with Crippen LogP contribution in [0.5, 0.6) is 5.75 Å². The van der Waals surface area contributed by atoms with Crippen LogP contribution in [0.15, 0.2) is 47.2 Å². The second-order valence-corrected chi connectivity index (χ2v) is 4.90. The van der Waals surface area contributed by atoms with Crippen LogP contribution in [0.25, 0.3) is 0 Å². The molecule has 0 bridgehead atoms. The zero-order valence-corrected chi connectivity index (χ0v) is 11.5. The molecule has 0 radical (unpaired) electrons. The van der Waals surface area contributed by atoms with E-state index in [0.717, 1.165) is 25.3 Å². The summed E-state index contributed by atoms with van der Waals surface area (Å²) in [5.74, 6) is 0.943. The normalized spacial score (nSPS) is 12.3. The summed E-state index contributed by atoms with van der Waals surface area (Å²) in [6.45, 7) is 3.85. The lowest BCUT2D eigenvalue weighted by atomic mass is 10.1. The Morgan fingerprint density at radius 2 is 2.06 bits per heavy atom. The predicted octanol–water partition coefficient (Wildman–Crippen LogP) is 3.87. The second kappa shape index (κ2) is 7.19. The topological polar surface area (TPSA) is 21.3 Å². The summed E-state index contributed by atoms with van der Waals surface area (Å²) < 4.78 is 5.74. The summed E-state index contributed by atoms with van der Waals surface area (Å²) in [5, 5.41) is 7.82. The van der Waals surface area contributed by atoms with Crippen molar-refractivity contribution in [1.82, 2.24) is 5.32 Å². The lowest BCUT2D eigenvalue weighted by Crippen LogP contribution is -2.22. The minimum absolute atomic E-state index is 0.393. The van der Waals surface area contributed by atoms with Crippen molar-refractivity contribution < 1.29 is 4.74 Å². The van der Waals surface area contributed by atoms with Crippen molar-refractivity contribution in [3.63, 3.8) is 0 Å². The van der Waals surface area contributed by atoms with E-state index >= 15 is 0 Å². The largest absolute Gasteiger partial charge is 0.494 e. The number of rotatable bonds is 7. The number of nitrogens with one attached hydrogen (secondary N) is 1. The quantitative estimate of drug-likeness (QED) is 0.817. The highest BCUT2D eigenvalue weighted by Crippen LogP contribution is 2.20. The van der Waals surface area contributed by atoms with Crippen molar-refractivity contribution >= 4 is 11.3 Å². The molecule has 1 heterocycles. The van der Waals surface area contributed by atoms with Gasteiger partial charge in [0.2, 0.25) is 0 Å². The maximum Gasteiger partial charge on any atom is 0.119 e. The Bertz CT molecular complexity index is 427. The Morgan fingerprint density at radius 3 is 2.72 bits per heavy atom. The monoisotopic (exact) mass is 261 g/mol. The van der Waals surface area contributed by atoms with E-state index in [-0.39, 0.29) is 0 Å². The van der Waals surface area contributed by atoms with Gasteiger partial charge in [-0.25, -0.2) is 0 Å². The first-order chi connectivity index (χ1) is 8.90. The van der Waals surface area contributed by atoms with E-state index in [9.17, 15) is 0 Å². The van der Waals surface area contributed by atoms with Gasteiger partial charge in [0.05, 0.1) is 6.61 Å². The molecule has 0 fully saturated rings. The van der Waals surface area contributed by atoms with Gasteiger partial charge < -0.3 is 10.1 Å². The summed E-state index contributed by atoms with van der Waals surface area (Å²) in [7, 11) is 0. The molecule has 0 saturated heterocycles. The highest BCUT2D eigenvalue weighted by Gasteiger charge is 2.10. The number of benzene rings is 1. The van der Waals surface area contributed by atoms with Crippen LogP contribution in [0.2, 0.25) is 0 Å². The molecule has 0 aliphatic carbocycles. The van der Waals surface area contributed by atoms with Gasteiger partial charge >= 0.3 is 0 Å². The number of hydrogen-bond acceptors (Lipinski definition) is 3. The minimum atomic E-state index is 0.393. The maximum absolute atomic E-state index is 5.74. The van der Waals surface area contributed by atoms with Crippen molar-refractivity contribution in [1.29, 1.82) is 0 Å². The Labute approximate surface area is 113 Å². The Morgan fingerprint density at radius 1 is 1.22 bits per heavy atom. The molecule has 2 rings (SSSR count). The standard InChI is InChI=1S/C15H19NOS/c1-2-16-15(13-9-11-18-12-13)8-10-17-14-6-4-3-5-7-14/h3-7,9,11-12,15-16H,2,8,10H2,1H3. The molecule has 0 aliphatic heterocycles. The van der Waals surface area contributed by atoms with Crippen LogP contribution in [-0.2, 0) is 0 Å². The van der Waals surface area contributed by atoms with Crippen molar-refractivity contribution in [2.75, 3.05) is 13.2 Å². The molecule has 1 unspecified atom stereocenters. The Hall–Kier alpha value is -1.32. The zero-order chi connectivity index (χ0) is 12.6. The highest BCUT2D eigenvalue weighted by molar-refractivity contribution is 7.07. The van der Waals surface area contributed by atoms with Crippen LogP contribution in [0.1, 0.15) is 24.9 Å². The fourth-order valence-corrected chi connectivity index (χ4v) is 2.63. The molecule has 1 atom stereocenters. The van der Waals surface area contributed by atoms with Gasteiger partial charge in [-0.3, -0.25) is 0 Å². The van der Waals surface area contributed by atoms with Gasteiger partial charge in [-0.1, -0.05) is 25.1 Å². The molecule has 2 aromatic rings. The van der Waals surface area contributed by atoms with Gasteiger partial charge in [0.15, 0.2) is 0 Å². The van der Waals surface area contributed by atoms with Gasteiger partial charge in [0.25, 0.3) is 0 Å². The van der Waals surface area contributed by atoms with E-state index in [0.29, 0.717) is 6.04 Å². The van der Waals surface area contributed by atoms with Crippen LogP contribution in [0.4, 0.5) is 0 Å². The molecule has 1 N–H and O–H groups in total. The van der Waals surface area contributed by atoms with Gasteiger partial charge in [0, 0.05) is 12.5 Å². The highest BCUT2D eigenvalue weighted by atomic mass is 32.1. The van der Waals surface area contributed by atoms with Gasteiger partial charge in [-0.2, -0.15) is 11.3 Å². The number of hydrogen-bond donors (Lipinski definition) is 1. The molecular weight excluding hydrogens is 242 g/mol. The molecule has 96 valence electrons. The van der Waals surface area contributed by atoms with Gasteiger partial charge in [-0.15, -0.1) is 0 Å². The minimum Gasteiger partial charge on any atom is -0.494 e. The number of thiophene rings is 1. The van der Waals surface area contributed by atoms with E-state index in [4.69, 9.17) is 4.74 Å². The Kier molecular flexibility index (Phi) is 5.24. The Balaban J connectivity index is 1.83. The van der Waals surface area contributed by atoms with E-state index in [1.54, 1.807) is 11.3 Å². The van der Waals surface area contributed by atoms with Crippen LogP contribution >= 0.6 is 11.3 Å². The average molecular weight is 261 g/mol. The van der Waals surface area contributed by atoms with Crippen molar-refractivity contribution in [3.8, 4) is 5.75 Å². The van der Waals surface area contributed by atoms with E-state index < -0.39 is 0 Å². The van der Waals surface area contributed by atoms with Gasteiger partial charge in [0.1, 0.15) is 5.75 Å². The molecule has 0 amide bonds. The third-order valence-corrected chi connectivity index (χ3v) is 3.52. The summed E-state index contributed by atoms with van der Waals surface area (Å²) in [4.78, 5) is 0. The third kappa shape index (κ3) is 3.86. The zero-order valence-electron chi connectivity index (χ0n) is 10.6. The summed E-state index contributed by atoms with van der Waals surface area (Å²) in [5.41, 5.74) is 1.36. The molecule has 0 spiro atoms. The van der Waals surface area contributed by atoms with Crippen molar-refractivity contribution in [2.45, 2.75) is 19.4 Å².